The molecule has 0 aliphatic carbocycles. The van der Waals surface area contributed by atoms with Crippen molar-refractivity contribution in [3.05, 3.63) is 34.9 Å². The molecule has 3 rings (SSSR count). The van der Waals surface area contributed by atoms with Crippen LogP contribution in [0.4, 0.5) is 0 Å². The van der Waals surface area contributed by atoms with E-state index in [4.69, 9.17) is 11.6 Å². The fourth-order valence-corrected chi connectivity index (χ4v) is 3.74. The van der Waals surface area contributed by atoms with Gasteiger partial charge in [0.05, 0.1) is 0 Å². The van der Waals surface area contributed by atoms with Gasteiger partial charge >= 0.3 is 0 Å². The summed E-state index contributed by atoms with van der Waals surface area (Å²) in [4.78, 5) is 2.58. The van der Waals surface area contributed by atoms with Gasteiger partial charge in [-0.3, -0.25) is 4.90 Å². The Morgan fingerprint density at radius 3 is 2.89 bits per heavy atom. The molecular formula is C16H23ClN2. The predicted octanol–water partition coefficient (Wildman–Crippen LogP) is 3.30. The molecule has 1 aromatic rings. The summed E-state index contributed by atoms with van der Waals surface area (Å²) >= 11 is 6.27. The fourth-order valence-electron chi connectivity index (χ4n) is 3.54. The van der Waals surface area contributed by atoms with Crippen molar-refractivity contribution in [2.75, 3.05) is 19.6 Å². The fraction of sp³-hybridized carbons (Fsp3) is 0.625. The highest BCUT2D eigenvalue weighted by Gasteiger charge is 2.28. The van der Waals surface area contributed by atoms with Crippen molar-refractivity contribution in [3.8, 4) is 0 Å². The van der Waals surface area contributed by atoms with E-state index in [9.17, 15) is 0 Å². The van der Waals surface area contributed by atoms with Gasteiger partial charge in [0.25, 0.3) is 0 Å². The summed E-state index contributed by atoms with van der Waals surface area (Å²) in [5.74, 6) is 0.832. The number of rotatable bonds is 3. The normalized spacial score (nSPS) is 28.7. The van der Waals surface area contributed by atoms with E-state index in [0.717, 1.165) is 23.5 Å². The maximum atomic E-state index is 6.27. The SMILES string of the molecule is Clc1ccccc1CN1CCCC(C2CCCN2)C1. The van der Waals surface area contributed by atoms with E-state index in [-0.39, 0.29) is 0 Å². The number of benzene rings is 1. The molecule has 3 heteroatoms. The van der Waals surface area contributed by atoms with Crippen LogP contribution in [-0.4, -0.2) is 30.6 Å². The Hall–Kier alpha value is -0.570. The molecule has 0 amide bonds. The van der Waals surface area contributed by atoms with Crippen LogP contribution in [0.5, 0.6) is 0 Å². The van der Waals surface area contributed by atoms with Crippen LogP contribution in [0.15, 0.2) is 24.3 Å². The maximum Gasteiger partial charge on any atom is 0.0451 e. The van der Waals surface area contributed by atoms with E-state index < -0.39 is 0 Å². The van der Waals surface area contributed by atoms with Crippen molar-refractivity contribution in [1.29, 1.82) is 0 Å². The van der Waals surface area contributed by atoms with Crippen LogP contribution in [0, 0.1) is 5.92 Å². The molecule has 19 heavy (non-hydrogen) atoms. The minimum absolute atomic E-state index is 0.758. The molecule has 1 aromatic carbocycles. The molecule has 2 heterocycles. The molecule has 0 bridgehead atoms. The third-order valence-corrected chi connectivity index (χ3v) is 4.93. The zero-order chi connectivity index (χ0) is 13.1. The highest BCUT2D eigenvalue weighted by molar-refractivity contribution is 6.31. The predicted molar refractivity (Wildman–Crippen MR) is 80.5 cm³/mol. The lowest BCUT2D eigenvalue weighted by molar-refractivity contribution is 0.145. The van der Waals surface area contributed by atoms with Gasteiger partial charge in [-0.25, -0.2) is 0 Å². The van der Waals surface area contributed by atoms with Crippen LogP contribution < -0.4 is 5.32 Å². The van der Waals surface area contributed by atoms with Crippen molar-refractivity contribution in [2.24, 2.45) is 5.92 Å². The van der Waals surface area contributed by atoms with Crippen LogP contribution in [0.25, 0.3) is 0 Å². The minimum Gasteiger partial charge on any atom is -0.314 e. The molecule has 2 aliphatic rings. The molecule has 1 N–H and O–H groups in total. The van der Waals surface area contributed by atoms with Gasteiger partial charge in [0.15, 0.2) is 0 Å². The topological polar surface area (TPSA) is 15.3 Å². The Bertz CT molecular complexity index is 415. The van der Waals surface area contributed by atoms with E-state index in [1.165, 1.54) is 50.9 Å². The second kappa shape index (κ2) is 6.25. The third-order valence-electron chi connectivity index (χ3n) is 4.56. The van der Waals surface area contributed by atoms with E-state index in [2.05, 4.69) is 22.3 Å². The summed E-state index contributed by atoms with van der Waals surface area (Å²) in [6.07, 6.45) is 5.43. The first-order valence-electron chi connectivity index (χ1n) is 7.52. The number of halogens is 1. The average molecular weight is 279 g/mol. The first-order chi connectivity index (χ1) is 9.33. The van der Waals surface area contributed by atoms with Gasteiger partial charge in [-0.1, -0.05) is 29.8 Å². The van der Waals surface area contributed by atoms with E-state index in [1.807, 2.05) is 12.1 Å². The lowest BCUT2D eigenvalue weighted by Crippen LogP contribution is -2.43. The molecule has 0 saturated carbocycles. The Morgan fingerprint density at radius 2 is 2.11 bits per heavy atom. The molecule has 0 radical (unpaired) electrons. The van der Waals surface area contributed by atoms with E-state index in [1.54, 1.807) is 0 Å². The van der Waals surface area contributed by atoms with Crippen molar-refractivity contribution < 1.29 is 0 Å². The third kappa shape index (κ3) is 3.31. The first-order valence-corrected chi connectivity index (χ1v) is 7.90. The number of nitrogens with zero attached hydrogens (tertiary/aromatic N) is 1. The monoisotopic (exact) mass is 278 g/mol. The van der Waals surface area contributed by atoms with Gasteiger partial charge in [0.1, 0.15) is 0 Å². The quantitative estimate of drug-likeness (QED) is 0.913. The molecule has 0 spiro atoms. The molecule has 2 fully saturated rings. The van der Waals surface area contributed by atoms with Crippen molar-refractivity contribution in [2.45, 2.75) is 38.3 Å². The van der Waals surface area contributed by atoms with Crippen LogP contribution >= 0.6 is 11.6 Å². The number of likely N-dealkylation sites (tertiary alicyclic amines) is 1. The second-order valence-electron chi connectivity index (χ2n) is 5.93. The minimum atomic E-state index is 0.758. The van der Waals surface area contributed by atoms with Crippen LogP contribution in [-0.2, 0) is 6.54 Å². The maximum absolute atomic E-state index is 6.27. The largest absolute Gasteiger partial charge is 0.314 e. The van der Waals surface area contributed by atoms with Gasteiger partial charge in [0.2, 0.25) is 0 Å². The molecular weight excluding hydrogens is 256 g/mol. The van der Waals surface area contributed by atoms with Crippen LogP contribution in [0.3, 0.4) is 0 Å². The van der Waals surface area contributed by atoms with Gasteiger partial charge in [-0.2, -0.15) is 0 Å². The lowest BCUT2D eigenvalue weighted by atomic mass is 9.89. The van der Waals surface area contributed by atoms with Crippen molar-refractivity contribution in [1.82, 2.24) is 10.2 Å². The molecule has 2 unspecified atom stereocenters. The summed E-state index contributed by atoms with van der Waals surface area (Å²) in [6.45, 7) is 4.66. The summed E-state index contributed by atoms with van der Waals surface area (Å²) < 4.78 is 0. The molecule has 2 saturated heterocycles. The Morgan fingerprint density at radius 1 is 1.21 bits per heavy atom. The number of nitrogens with one attached hydrogen (secondary N) is 1. The zero-order valence-electron chi connectivity index (χ0n) is 11.4. The highest BCUT2D eigenvalue weighted by Crippen LogP contribution is 2.26. The van der Waals surface area contributed by atoms with Gasteiger partial charge in [0, 0.05) is 24.2 Å². The molecule has 0 aromatic heterocycles. The number of piperidine rings is 1. The number of hydrogen-bond donors (Lipinski definition) is 1. The van der Waals surface area contributed by atoms with Gasteiger partial charge in [-0.15, -0.1) is 0 Å². The van der Waals surface area contributed by atoms with Crippen LogP contribution in [0.2, 0.25) is 5.02 Å². The van der Waals surface area contributed by atoms with Gasteiger partial charge in [-0.05, 0) is 56.3 Å². The Labute approximate surface area is 121 Å². The van der Waals surface area contributed by atoms with Crippen molar-refractivity contribution >= 4 is 11.6 Å². The highest BCUT2D eigenvalue weighted by atomic mass is 35.5. The Balaban J connectivity index is 1.60. The Kier molecular flexibility index (Phi) is 4.42. The molecule has 2 aliphatic heterocycles. The zero-order valence-corrected chi connectivity index (χ0v) is 12.2. The smallest absolute Gasteiger partial charge is 0.0451 e. The molecule has 2 nitrogen and oxygen atoms in total. The molecule has 2 atom stereocenters. The summed E-state index contributed by atoms with van der Waals surface area (Å²) in [5, 5.41) is 4.58. The second-order valence-corrected chi connectivity index (χ2v) is 6.34. The lowest BCUT2D eigenvalue weighted by Gasteiger charge is -2.36. The van der Waals surface area contributed by atoms with Gasteiger partial charge < -0.3 is 5.32 Å². The first kappa shape index (κ1) is 13.4. The molecule has 104 valence electrons. The van der Waals surface area contributed by atoms with E-state index >= 15 is 0 Å². The van der Waals surface area contributed by atoms with Crippen molar-refractivity contribution in [3.63, 3.8) is 0 Å². The standard InChI is InChI=1S/C16H23ClN2/c17-15-7-2-1-5-13(15)11-19-10-4-6-14(12-19)16-8-3-9-18-16/h1-2,5,7,14,16,18H,3-4,6,8-12H2. The average Bonchev–Trinajstić information content (AvgIpc) is 2.96. The summed E-state index contributed by atoms with van der Waals surface area (Å²) in [7, 11) is 0. The van der Waals surface area contributed by atoms with Crippen LogP contribution in [0.1, 0.15) is 31.2 Å². The summed E-state index contributed by atoms with van der Waals surface area (Å²) in [5.41, 5.74) is 1.27. The number of hydrogen-bond acceptors (Lipinski definition) is 2. The van der Waals surface area contributed by atoms with E-state index in [0.29, 0.717) is 0 Å². The summed E-state index contributed by atoms with van der Waals surface area (Å²) in [6, 6.07) is 9.00.